The first-order valence-corrected chi connectivity index (χ1v) is 11.7. The number of sulfonamides is 1. The van der Waals surface area contributed by atoms with Crippen LogP contribution in [0.4, 0.5) is 5.69 Å². The van der Waals surface area contributed by atoms with Crippen molar-refractivity contribution in [2.24, 2.45) is 5.14 Å². The molecule has 0 saturated heterocycles. The molecule has 0 radical (unpaired) electrons. The molecule has 0 saturated carbocycles. The third-order valence-corrected chi connectivity index (χ3v) is 6.59. The standard InChI is InChI=1S/C18H13N5O8S2/c19-9-3-1-7-11(12-13(18(24)25)23-6-5-22-12)8-2-4-10(20)17(33(28,29)30)15(8)31-14(7)16(9)32(21,26)27/h1-6,20H,19H2,(H,24,25)(H2,21,26,27)(H,28,29,30). The SMILES string of the molecule is N=c1ccc2c(-c3nccnc3C(=O)O)c3ccc(N)c(S(N)(=O)=O)c3oc-2c1S(=O)(=O)O. The summed E-state index contributed by atoms with van der Waals surface area (Å²) in [6, 6.07) is 4.76. The number of aromatic carboxylic acids is 1. The number of nitrogens with zero attached hydrogens (tertiary/aromatic N) is 2. The first-order valence-electron chi connectivity index (χ1n) is 8.74. The van der Waals surface area contributed by atoms with Crippen molar-refractivity contribution in [1.29, 1.82) is 5.41 Å². The molecule has 1 aromatic heterocycles. The van der Waals surface area contributed by atoms with Crippen molar-refractivity contribution in [2.45, 2.75) is 9.79 Å². The highest BCUT2D eigenvalue weighted by molar-refractivity contribution is 7.89. The van der Waals surface area contributed by atoms with Gasteiger partial charge in [0.1, 0.15) is 10.6 Å². The fraction of sp³-hybridized carbons (Fsp3) is 0. The number of carboxylic acids is 1. The largest absolute Gasteiger partial charge is 0.476 e. The zero-order valence-corrected chi connectivity index (χ0v) is 17.8. The first kappa shape index (κ1) is 22.3. The van der Waals surface area contributed by atoms with E-state index in [0.717, 1.165) is 12.3 Å². The van der Waals surface area contributed by atoms with E-state index in [0.29, 0.717) is 0 Å². The zero-order chi connectivity index (χ0) is 24.3. The zero-order valence-electron chi connectivity index (χ0n) is 16.2. The average Bonchev–Trinajstić information content (AvgIpc) is 2.69. The minimum Gasteiger partial charge on any atom is -0.476 e. The maximum Gasteiger partial charge on any atom is 0.356 e. The van der Waals surface area contributed by atoms with E-state index in [9.17, 15) is 31.3 Å². The van der Waals surface area contributed by atoms with Crippen LogP contribution in [0, 0.1) is 5.41 Å². The van der Waals surface area contributed by atoms with Crippen molar-refractivity contribution in [3.8, 4) is 22.6 Å². The Morgan fingerprint density at radius 1 is 1.03 bits per heavy atom. The summed E-state index contributed by atoms with van der Waals surface area (Å²) in [6.45, 7) is 0. The van der Waals surface area contributed by atoms with E-state index in [1.54, 1.807) is 0 Å². The monoisotopic (exact) mass is 491 g/mol. The van der Waals surface area contributed by atoms with Gasteiger partial charge in [-0.1, -0.05) is 0 Å². The highest BCUT2D eigenvalue weighted by atomic mass is 32.2. The van der Waals surface area contributed by atoms with Crippen LogP contribution in [-0.2, 0) is 20.1 Å². The second-order valence-electron chi connectivity index (χ2n) is 6.74. The van der Waals surface area contributed by atoms with Gasteiger partial charge in [-0.3, -0.25) is 14.9 Å². The number of carboxylic acid groups (broad SMARTS) is 1. The molecule has 0 fully saturated rings. The summed E-state index contributed by atoms with van der Waals surface area (Å²) < 4.78 is 64.0. The van der Waals surface area contributed by atoms with Gasteiger partial charge >= 0.3 is 5.97 Å². The predicted octanol–water partition coefficient (Wildman–Crippen LogP) is 0.649. The average molecular weight is 491 g/mol. The summed E-state index contributed by atoms with van der Waals surface area (Å²) >= 11 is 0. The summed E-state index contributed by atoms with van der Waals surface area (Å²) in [5, 5.41) is 22.1. The molecule has 1 aliphatic carbocycles. The lowest BCUT2D eigenvalue weighted by Crippen LogP contribution is -2.18. The van der Waals surface area contributed by atoms with Gasteiger partial charge in [-0.25, -0.2) is 23.3 Å². The molecule has 2 aromatic rings. The predicted molar refractivity (Wildman–Crippen MR) is 112 cm³/mol. The van der Waals surface area contributed by atoms with Crippen LogP contribution in [0.5, 0.6) is 0 Å². The third-order valence-electron chi connectivity index (χ3n) is 4.68. The fourth-order valence-electron chi connectivity index (χ4n) is 3.47. The topological polar surface area (TPSA) is 241 Å². The van der Waals surface area contributed by atoms with Crippen LogP contribution in [0.15, 0.2) is 50.9 Å². The molecule has 0 spiro atoms. The van der Waals surface area contributed by atoms with Crippen molar-refractivity contribution in [3.63, 3.8) is 0 Å². The van der Waals surface area contributed by atoms with Gasteiger partial charge < -0.3 is 15.3 Å². The molecule has 7 N–H and O–H groups in total. The minimum absolute atomic E-state index is 0.0391. The molecular weight excluding hydrogens is 478 g/mol. The summed E-state index contributed by atoms with van der Waals surface area (Å²) in [4.78, 5) is 17.9. The Kier molecular flexibility index (Phi) is 4.93. The maximum absolute atomic E-state index is 12.3. The van der Waals surface area contributed by atoms with Crippen LogP contribution >= 0.6 is 0 Å². The maximum atomic E-state index is 12.3. The highest BCUT2D eigenvalue weighted by Gasteiger charge is 2.32. The summed E-state index contributed by atoms with van der Waals surface area (Å²) in [7, 11) is -9.60. The molecule has 2 heterocycles. The van der Waals surface area contributed by atoms with Crippen molar-refractivity contribution in [1.82, 2.24) is 9.97 Å². The molecule has 4 rings (SSSR count). The number of nitrogen functional groups attached to an aromatic ring is 1. The van der Waals surface area contributed by atoms with Gasteiger partial charge in [0.15, 0.2) is 21.9 Å². The molecule has 0 amide bonds. The van der Waals surface area contributed by atoms with Gasteiger partial charge in [0.25, 0.3) is 10.1 Å². The molecule has 170 valence electrons. The van der Waals surface area contributed by atoms with Gasteiger partial charge in [0, 0.05) is 28.9 Å². The lowest BCUT2D eigenvalue weighted by atomic mass is 9.95. The summed E-state index contributed by atoms with van der Waals surface area (Å²) in [5.41, 5.74) is 3.93. The molecule has 0 unspecified atom stereocenters. The minimum atomic E-state index is -5.06. The Bertz CT molecular complexity index is 1730. The Hall–Kier alpha value is -3.92. The molecule has 0 bridgehead atoms. The van der Waals surface area contributed by atoms with Gasteiger partial charge in [-0.15, -0.1) is 0 Å². The summed E-state index contributed by atoms with van der Waals surface area (Å²) in [5.74, 6) is -2.11. The quantitative estimate of drug-likeness (QED) is 0.151. The van der Waals surface area contributed by atoms with Crippen molar-refractivity contribution < 1.29 is 35.7 Å². The summed E-state index contributed by atoms with van der Waals surface area (Å²) in [6.07, 6.45) is 2.29. The number of carbonyl (C=O) groups is 1. The molecular formula is C18H13N5O8S2. The van der Waals surface area contributed by atoms with Gasteiger partial charge in [0.2, 0.25) is 10.0 Å². The smallest absolute Gasteiger partial charge is 0.356 e. The van der Waals surface area contributed by atoms with Crippen molar-refractivity contribution in [3.05, 3.63) is 47.7 Å². The molecule has 1 aromatic carbocycles. The number of hydrogen-bond acceptors (Lipinski definition) is 10. The van der Waals surface area contributed by atoms with Crippen LogP contribution in [0.2, 0.25) is 0 Å². The van der Waals surface area contributed by atoms with E-state index in [1.165, 1.54) is 24.4 Å². The van der Waals surface area contributed by atoms with E-state index in [4.69, 9.17) is 20.7 Å². The molecule has 33 heavy (non-hydrogen) atoms. The molecule has 13 nitrogen and oxygen atoms in total. The second-order valence-corrected chi connectivity index (χ2v) is 9.59. The fourth-order valence-corrected chi connectivity index (χ4v) is 5.00. The Morgan fingerprint density at radius 3 is 2.30 bits per heavy atom. The number of anilines is 1. The van der Waals surface area contributed by atoms with Gasteiger partial charge in [-0.2, -0.15) is 8.42 Å². The normalized spacial score (nSPS) is 12.3. The number of nitrogens with one attached hydrogen (secondary N) is 1. The highest BCUT2D eigenvalue weighted by Crippen LogP contribution is 2.44. The Labute approximate surface area is 185 Å². The number of hydrogen-bond donors (Lipinski definition) is 5. The van der Waals surface area contributed by atoms with E-state index in [-0.39, 0.29) is 27.9 Å². The number of rotatable bonds is 4. The van der Waals surface area contributed by atoms with Gasteiger partial charge in [-0.05, 0) is 24.3 Å². The van der Waals surface area contributed by atoms with Gasteiger partial charge in [0.05, 0.1) is 11.0 Å². The number of benzene rings is 2. The van der Waals surface area contributed by atoms with Crippen molar-refractivity contribution in [2.75, 3.05) is 5.73 Å². The number of primary sulfonamides is 1. The number of nitrogens with two attached hydrogens (primary N) is 2. The number of aromatic nitrogens is 2. The molecule has 0 atom stereocenters. The van der Waals surface area contributed by atoms with Crippen molar-refractivity contribution >= 4 is 42.8 Å². The van der Waals surface area contributed by atoms with Crippen LogP contribution in [-0.4, -0.2) is 42.4 Å². The van der Waals surface area contributed by atoms with E-state index < -0.39 is 58.3 Å². The van der Waals surface area contributed by atoms with Crippen LogP contribution in [0.1, 0.15) is 10.5 Å². The lowest BCUT2D eigenvalue weighted by Gasteiger charge is -2.19. The van der Waals surface area contributed by atoms with E-state index in [1.807, 2.05) is 0 Å². The van der Waals surface area contributed by atoms with Crippen LogP contribution in [0.25, 0.3) is 33.6 Å². The Morgan fingerprint density at radius 2 is 1.70 bits per heavy atom. The second kappa shape index (κ2) is 7.31. The molecule has 1 aliphatic heterocycles. The molecule has 15 heteroatoms. The lowest BCUT2D eigenvalue weighted by molar-refractivity contribution is 0.0691. The third kappa shape index (κ3) is 3.58. The van der Waals surface area contributed by atoms with E-state index in [2.05, 4.69) is 9.97 Å². The Balaban J connectivity index is 2.40. The van der Waals surface area contributed by atoms with Crippen LogP contribution in [0.3, 0.4) is 0 Å². The van der Waals surface area contributed by atoms with E-state index >= 15 is 0 Å². The van der Waals surface area contributed by atoms with Crippen LogP contribution < -0.4 is 16.2 Å². The number of fused-ring (bicyclic) bond motifs is 2. The first-order chi connectivity index (χ1) is 15.3. The molecule has 2 aliphatic rings.